The molecule has 0 spiro atoms. The number of anilines is 1. The Morgan fingerprint density at radius 2 is 1.78 bits per heavy atom. The SMILES string of the molecule is Nc1ccc2c(O)c(N=Nc3ccccc3S(=O)[O-])c(S(=O)(=O)O)cc2c1. The van der Waals surface area contributed by atoms with Crippen LogP contribution in [0.25, 0.3) is 10.8 Å². The third-order valence-electron chi connectivity index (χ3n) is 3.66. The third kappa shape index (κ3) is 3.80. The molecule has 1 unspecified atom stereocenters. The van der Waals surface area contributed by atoms with Crippen LogP contribution in [0.1, 0.15) is 0 Å². The van der Waals surface area contributed by atoms with Gasteiger partial charge < -0.3 is 15.4 Å². The van der Waals surface area contributed by atoms with Crippen molar-refractivity contribution in [2.75, 3.05) is 5.73 Å². The quantitative estimate of drug-likeness (QED) is 0.259. The van der Waals surface area contributed by atoms with Gasteiger partial charge in [0.25, 0.3) is 10.1 Å². The zero-order chi connectivity index (χ0) is 19.8. The number of nitrogens with zero attached hydrogens (tertiary/aromatic N) is 2. The van der Waals surface area contributed by atoms with Gasteiger partial charge in [0.2, 0.25) is 0 Å². The predicted octanol–water partition coefficient (Wildman–Crippen LogP) is 3.03. The van der Waals surface area contributed by atoms with Crippen molar-refractivity contribution in [2.45, 2.75) is 9.79 Å². The number of phenolic OH excluding ortho intramolecular Hbond substituents is 1. The first-order valence-corrected chi connectivity index (χ1v) is 9.82. The van der Waals surface area contributed by atoms with Gasteiger partial charge in [-0.05, 0) is 52.9 Å². The normalized spacial score (nSPS) is 13.3. The number of rotatable bonds is 4. The van der Waals surface area contributed by atoms with Gasteiger partial charge in [-0.2, -0.15) is 8.42 Å². The zero-order valence-corrected chi connectivity index (χ0v) is 15.1. The fraction of sp³-hybridized carbons (Fsp3) is 0. The van der Waals surface area contributed by atoms with Crippen LogP contribution >= 0.6 is 0 Å². The molecule has 140 valence electrons. The smallest absolute Gasteiger partial charge is 0.296 e. The lowest BCUT2D eigenvalue weighted by atomic mass is 10.1. The van der Waals surface area contributed by atoms with E-state index in [2.05, 4.69) is 10.2 Å². The summed E-state index contributed by atoms with van der Waals surface area (Å²) in [7, 11) is -4.77. The molecule has 0 saturated carbocycles. The van der Waals surface area contributed by atoms with Crippen molar-refractivity contribution in [2.24, 2.45) is 10.2 Å². The first-order valence-electron chi connectivity index (χ1n) is 7.31. The van der Waals surface area contributed by atoms with E-state index in [4.69, 9.17) is 5.73 Å². The van der Waals surface area contributed by atoms with Crippen molar-refractivity contribution in [1.29, 1.82) is 0 Å². The van der Waals surface area contributed by atoms with Crippen LogP contribution in [0.3, 0.4) is 0 Å². The molecule has 0 saturated heterocycles. The second-order valence-corrected chi connectivity index (χ2v) is 7.73. The largest absolute Gasteiger partial charge is 0.768 e. The van der Waals surface area contributed by atoms with Crippen molar-refractivity contribution in [1.82, 2.24) is 0 Å². The van der Waals surface area contributed by atoms with E-state index in [1.54, 1.807) is 0 Å². The molecule has 0 aromatic heterocycles. The van der Waals surface area contributed by atoms with Crippen molar-refractivity contribution in [3.63, 3.8) is 0 Å². The summed E-state index contributed by atoms with van der Waals surface area (Å²) in [5.74, 6) is -0.551. The van der Waals surface area contributed by atoms with E-state index in [0.29, 0.717) is 5.69 Å². The Kier molecular flexibility index (Phi) is 4.93. The van der Waals surface area contributed by atoms with Crippen molar-refractivity contribution >= 4 is 49.0 Å². The highest BCUT2D eigenvalue weighted by Gasteiger charge is 2.22. The van der Waals surface area contributed by atoms with Crippen LogP contribution < -0.4 is 5.73 Å². The first kappa shape index (κ1) is 18.9. The van der Waals surface area contributed by atoms with E-state index in [1.807, 2.05) is 0 Å². The first-order chi connectivity index (χ1) is 12.7. The summed E-state index contributed by atoms with van der Waals surface area (Å²) >= 11 is -2.60. The molecular formula is C16H12N3O6S2-. The number of azo groups is 1. The van der Waals surface area contributed by atoms with Crippen LogP contribution in [-0.4, -0.2) is 26.8 Å². The summed E-state index contributed by atoms with van der Waals surface area (Å²) in [6, 6.07) is 11.1. The predicted molar refractivity (Wildman–Crippen MR) is 97.6 cm³/mol. The van der Waals surface area contributed by atoms with Gasteiger partial charge in [-0.3, -0.25) is 8.76 Å². The fourth-order valence-corrected chi connectivity index (χ4v) is 3.58. The van der Waals surface area contributed by atoms with E-state index in [-0.39, 0.29) is 21.4 Å². The molecule has 27 heavy (non-hydrogen) atoms. The fourth-order valence-electron chi connectivity index (χ4n) is 2.45. The Morgan fingerprint density at radius 1 is 1.07 bits per heavy atom. The maximum Gasteiger partial charge on any atom is 0.296 e. The number of phenols is 1. The third-order valence-corrected chi connectivity index (χ3v) is 5.23. The van der Waals surface area contributed by atoms with E-state index < -0.39 is 37.5 Å². The number of hydrogen-bond donors (Lipinski definition) is 3. The van der Waals surface area contributed by atoms with E-state index >= 15 is 0 Å². The second kappa shape index (κ2) is 7.04. The molecule has 3 aromatic carbocycles. The molecule has 0 radical (unpaired) electrons. The zero-order valence-electron chi connectivity index (χ0n) is 13.4. The summed E-state index contributed by atoms with van der Waals surface area (Å²) in [5.41, 5.74) is 5.39. The van der Waals surface area contributed by atoms with Crippen LogP contribution in [0.5, 0.6) is 5.75 Å². The Bertz CT molecular complexity index is 1210. The lowest BCUT2D eigenvalue weighted by molar-refractivity contribution is 0.472. The number of fused-ring (bicyclic) bond motifs is 1. The van der Waals surface area contributed by atoms with Crippen LogP contribution in [-0.2, 0) is 21.2 Å². The average molecular weight is 406 g/mol. The minimum absolute atomic E-state index is 0.0658. The number of hydrogen-bond acceptors (Lipinski definition) is 8. The molecule has 11 heteroatoms. The van der Waals surface area contributed by atoms with Gasteiger partial charge >= 0.3 is 0 Å². The van der Waals surface area contributed by atoms with Crippen molar-refractivity contribution < 1.29 is 26.8 Å². The van der Waals surface area contributed by atoms with Crippen LogP contribution in [0, 0.1) is 0 Å². The van der Waals surface area contributed by atoms with E-state index in [1.165, 1.54) is 42.5 Å². The monoisotopic (exact) mass is 406 g/mol. The van der Waals surface area contributed by atoms with Crippen LogP contribution in [0.2, 0.25) is 0 Å². The molecule has 0 aliphatic carbocycles. The molecule has 9 nitrogen and oxygen atoms in total. The lowest BCUT2D eigenvalue weighted by Crippen LogP contribution is -1.99. The molecule has 0 fully saturated rings. The van der Waals surface area contributed by atoms with E-state index in [9.17, 15) is 26.8 Å². The molecule has 0 bridgehead atoms. The number of nitrogen functional groups attached to an aromatic ring is 1. The summed E-state index contributed by atoms with van der Waals surface area (Å²) in [6.45, 7) is 0. The Morgan fingerprint density at radius 3 is 2.44 bits per heavy atom. The Balaban J connectivity index is 2.26. The number of aromatic hydroxyl groups is 1. The molecule has 0 amide bonds. The van der Waals surface area contributed by atoms with Gasteiger partial charge in [-0.15, -0.1) is 10.2 Å². The maximum atomic E-state index is 11.7. The van der Waals surface area contributed by atoms with Crippen molar-refractivity contribution in [3.05, 3.63) is 48.5 Å². The standard InChI is InChI=1S/C16H13N3O6S2/c17-10-5-6-11-9(7-10)8-14(27(23,24)25)15(16(11)20)19-18-12-3-1-2-4-13(12)26(21)22/h1-8,20H,17H2,(H,21,22)(H,23,24,25)/p-1. The summed E-state index contributed by atoms with van der Waals surface area (Å²) < 4.78 is 55.4. The van der Waals surface area contributed by atoms with E-state index in [0.717, 1.165) is 6.07 Å². The molecule has 4 N–H and O–H groups in total. The summed E-state index contributed by atoms with van der Waals surface area (Å²) in [5, 5.41) is 18.4. The molecule has 1 atom stereocenters. The van der Waals surface area contributed by atoms with Gasteiger partial charge in [0, 0.05) is 11.1 Å². The van der Waals surface area contributed by atoms with Crippen LogP contribution in [0.15, 0.2) is 68.6 Å². The Labute approximate surface area is 156 Å². The Hall–Kier alpha value is -2.86. The minimum atomic E-state index is -4.77. The van der Waals surface area contributed by atoms with Crippen molar-refractivity contribution in [3.8, 4) is 5.75 Å². The molecular weight excluding hydrogens is 394 g/mol. The van der Waals surface area contributed by atoms with Gasteiger partial charge in [-0.1, -0.05) is 12.1 Å². The van der Waals surface area contributed by atoms with Gasteiger partial charge in [0.1, 0.15) is 16.3 Å². The topological polar surface area (TPSA) is 165 Å². The van der Waals surface area contributed by atoms with Crippen LogP contribution in [0.4, 0.5) is 17.1 Å². The molecule has 3 aromatic rings. The molecule has 0 aliphatic rings. The molecule has 0 aliphatic heterocycles. The number of benzene rings is 3. The van der Waals surface area contributed by atoms with Gasteiger partial charge in [0.05, 0.1) is 4.90 Å². The summed E-state index contributed by atoms with van der Waals surface area (Å²) in [4.78, 5) is -0.856. The highest BCUT2D eigenvalue weighted by Crippen LogP contribution is 2.42. The lowest BCUT2D eigenvalue weighted by Gasteiger charge is -2.10. The number of nitrogens with two attached hydrogens (primary N) is 1. The summed E-state index contributed by atoms with van der Waals surface area (Å²) in [6.07, 6.45) is 0. The average Bonchev–Trinajstić information content (AvgIpc) is 2.59. The highest BCUT2D eigenvalue weighted by molar-refractivity contribution is 7.86. The minimum Gasteiger partial charge on any atom is -0.768 e. The second-order valence-electron chi connectivity index (χ2n) is 5.43. The van der Waals surface area contributed by atoms with Gasteiger partial charge in [0.15, 0.2) is 5.75 Å². The maximum absolute atomic E-state index is 11.7. The highest BCUT2D eigenvalue weighted by atomic mass is 32.2. The van der Waals surface area contributed by atoms with Gasteiger partial charge in [-0.25, -0.2) is 0 Å². The molecule has 0 heterocycles. The molecule has 3 rings (SSSR count).